The average Bonchev–Trinajstić information content (AvgIpc) is 2.31. The van der Waals surface area contributed by atoms with Crippen LogP contribution in [0, 0.1) is 6.92 Å². The van der Waals surface area contributed by atoms with Gasteiger partial charge in [-0.1, -0.05) is 45.7 Å². The summed E-state index contributed by atoms with van der Waals surface area (Å²) in [4.78, 5) is 12.2. The van der Waals surface area contributed by atoms with Crippen molar-refractivity contribution in [1.29, 1.82) is 0 Å². The molecule has 0 atom stereocenters. The molecular formula is C15H12BrClO. The van der Waals surface area contributed by atoms with E-state index in [1.807, 2.05) is 43.3 Å². The molecule has 92 valence electrons. The summed E-state index contributed by atoms with van der Waals surface area (Å²) in [6.07, 6.45) is 0.376. The van der Waals surface area contributed by atoms with Crippen LogP contribution in [-0.4, -0.2) is 5.78 Å². The highest BCUT2D eigenvalue weighted by atomic mass is 79.9. The molecule has 0 N–H and O–H groups in total. The minimum atomic E-state index is 0.0764. The molecule has 0 radical (unpaired) electrons. The predicted octanol–water partition coefficient (Wildman–Crippen LogP) is 4.84. The molecule has 1 nitrogen and oxygen atoms in total. The number of Topliss-reactive ketones (excluding diaryl/α,β-unsaturated/α-hetero) is 1. The molecule has 0 spiro atoms. The number of carbonyl (C=O) groups excluding carboxylic acids is 1. The Morgan fingerprint density at radius 2 is 1.94 bits per heavy atom. The fourth-order valence-corrected chi connectivity index (χ4v) is 2.53. The average molecular weight is 324 g/mol. The molecule has 2 aromatic rings. The molecule has 0 aliphatic carbocycles. The van der Waals surface area contributed by atoms with Crippen molar-refractivity contribution in [3.8, 4) is 0 Å². The van der Waals surface area contributed by atoms with E-state index in [0.29, 0.717) is 17.0 Å². The fraction of sp³-hybridized carbons (Fsp3) is 0.133. The highest BCUT2D eigenvalue weighted by molar-refractivity contribution is 9.10. The van der Waals surface area contributed by atoms with Crippen molar-refractivity contribution < 1.29 is 4.79 Å². The van der Waals surface area contributed by atoms with Crippen LogP contribution in [0.4, 0.5) is 0 Å². The van der Waals surface area contributed by atoms with Crippen LogP contribution < -0.4 is 0 Å². The normalized spacial score (nSPS) is 10.4. The molecule has 0 unspecified atom stereocenters. The van der Waals surface area contributed by atoms with E-state index >= 15 is 0 Å². The summed E-state index contributed by atoms with van der Waals surface area (Å²) in [6.45, 7) is 1.93. The summed E-state index contributed by atoms with van der Waals surface area (Å²) < 4.78 is 0.956. The maximum Gasteiger partial charge on any atom is 0.167 e. The molecule has 0 heterocycles. The lowest BCUT2D eigenvalue weighted by Crippen LogP contribution is -2.04. The molecule has 0 bridgehead atoms. The van der Waals surface area contributed by atoms with Crippen molar-refractivity contribution in [2.75, 3.05) is 0 Å². The zero-order valence-corrected chi connectivity index (χ0v) is 12.3. The van der Waals surface area contributed by atoms with Crippen LogP contribution in [0.25, 0.3) is 0 Å². The first-order valence-electron chi connectivity index (χ1n) is 5.60. The van der Waals surface area contributed by atoms with Crippen LogP contribution in [0.15, 0.2) is 46.9 Å². The molecule has 0 aliphatic heterocycles. The van der Waals surface area contributed by atoms with E-state index in [1.165, 1.54) is 0 Å². The van der Waals surface area contributed by atoms with E-state index in [0.717, 1.165) is 15.6 Å². The van der Waals surface area contributed by atoms with E-state index in [-0.39, 0.29) is 5.78 Å². The summed E-state index contributed by atoms with van der Waals surface area (Å²) in [5.74, 6) is 0.0764. The van der Waals surface area contributed by atoms with E-state index in [2.05, 4.69) is 15.9 Å². The van der Waals surface area contributed by atoms with Crippen molar-refractivity contribution in [2.24, 2.45) is 0 Å². The van der Waals surface area contributed by atoms with Crippen LogP contribution in [0.1, 0.15) is 21.5 Å². The number of halogens is 2. The fourth-order valence-electron chi connectivity index (χ4n) is 1.81. The van der Waals surface area contributed by atoms with Crippen molar-refractivity contribution in [3.05, 3.63) is 68.7 Å². The second-order valence-electron chi connectivity index (χ2n) is 4.21. The van der Waals surface area contributed by atoms with Gasteiger partial charge in [0.05, 0.1) is 0 Å². The third-order valence-corrected chi connectivity index (χ3v) is 3.66. The predicted molar refractivity (Wildman–Crippen MR) is 78.4 cm³/mol. The molecule has 0 aliphatic rings. The van der Waals surface area contributed by atoms with E-state index < -0.39 is 0 Å². The second kappa shape index (κ2) is 5.68. The molecule has 0 saturated carbocycles. The third-order valence-electron chi connectivity index (χ3n) is 2.67. The highest BCUT2D eigenvalue weighted by Crippen LogP contribution is 2.20. The number of benzene rings is 2. The molecule has 0 fully saturated rings. The largest absolute Gasteiger partial charge is 0.294 e. The van der Waals surface area contributed by atoms with Gasteiger partial charge in [-0.2, -0.15) is 0 Å². The Kier molecular flexibility index (Phi) is 4.20. The molecule has 2 aromatic carbocycles. The van der Waals surface area contributed by atoms with Gasteiger partial charge >= 0.3 is 0 Å². The Labute approximate surface area is 120 Å². The van der Waals surface area contributed by atoms with Crippen molar-refractivity contribution in [1.82, 2.24) is 0 Å². The second-order valence-corrected chi connectivity index (χ2v) is 5.50. The molecule has 18 heavy (non-hydrogen) atoms. The van der Waals surface area contributed by atoms with Crippen molar-refractivity contribution in [3.63, 3.8) is 0 Å². The van der Waals surface area contributed by atoms with Crippen LogP contribution in [-0.2, 0) is 6.42 Å². The standard InChI is InChI=1S/C15H12BrClO/c1-10-6-12(8-13(17)7-10)15(18)9-11-4-2-3-5-14(11)16/h2-8H,9H2,1H3. The quantitative estimate of drug-likeness (QED) is 0.739. The van der Waals surface area contributed by atoms with Crippen molar-refractivity contribution >= 4 is 33.3 Å². The molecule has 0 saturated heterocycles. The number of ketones is 1. The van der Waals surface area contributed by atoms with E-state index in [9.17, 15) is 4.79 Å². The van der Waals surface area contributed by atoms with E-state index in [1.54, 1.807) is 6.07 Å². The Bertz CT molecular complexity index is 573. The van der Waals surface area contributed by atoms with Gasteiger partial charge in [0.15, 0.2) is 5.78 Å². The molecule has 2 rings (SSSR count). The van der Waals surface area contributed by atoms with Crippen LogP contribution >= 0.6 is 27.5 Å². The maximum atomic E-state index is 12.2. The Hall–Kier alpha value is -1.12. The van der Waals surface area contributed by atoms with Gasteiger partial charge in [-0.25, -0.2) is 0 Å². The van der Waals surface area contributed by atoms with Crippen LogP contribution in [0.2, 0.25) is 5.02 Å². The third kappa shape index (κ3) is 3.21. The minimum absolute atomic E-state index is 0.0764. The topological polar surface area (TPSA) is 17.1 Å². The SMILES string of the molecule is Cc1cc(Cl)cc(C(=O)Cc2ccccc2Br)c1. The number of aryl methyl sites for hydroxylation is 1. The van der Waals surface area contributed by atoms with Gasteiger partial charge in [-0.05, 0) is 42.3 Å². The first-order chi connectivity index (χ1) is 8.56. The summed E-state index contributed by atoms with van der Waals surface area (Å²) in [5, 5.41) is 0.602. The lowest BCUT2D eigenvalue weighted by molar-refractivity contribution is 0.0992. The van der Waals surface area contributed by atoms with Gasteiger partial charge in [-0.15, -0.1) is 0 Å². The summed E-state index contributed by atoms with van der Waals surface area (Å²) in [6, 6.07) is 13.2. The van der Waals surface area contributed by atoms with Gasteiger partial charge in [0.1, 0.15) is 0 Å². The first-order valence-corrected chi connectivity index (χ1v) is 6.77. The molecule has 0 aromatic heterocycles. The smallest absolute Gasteiger partial charge is 0.167 e. The van der Waals surface area contributed by atoms with Crippen LogP contribution in [0.3, 0.4) is 0 Å². The van der Waals surface area contributed by atoms with Crippen LogP contribution in [0.5, 0.6) is 0 Å². The lowest BCUT2D eigenvalue weighted by Gasteiger charge is -2.05. The van der Waals surface area contributed by atoms with Crippen molar-refractivity contribution in [2.45, 2.75) is 13.3 Å². The molecule has 3 heteroatoms. The molecule has 0 amide bonds. The Balaban J connectivity index is 2.25. The monoisotopic (exact) mass is 322 g/mol. The summed E-state index contributed by atoms with van der Waals surface area (Å²) >= 11 is 9.41. The van der Waals surface area contributed by atoms with Gasteiger partial charge in [-0.3, -0.25) is 4.79 Å². The Morgan fingerprint density at radius 1 is 1.22 bits per heavy atom. The number of carbonyl (C=O) groups is 1. The highest BCUT2D eigenvalue weighted by Gasteiger charge is 2.10. The van der Waals surface area contributed by atoms with E-state index in [4.69, 9.17) is 11.6 Å². The van der Waals surface area contributed by atoms with Gasteiger partial charge < -0.3 is 0 Å². The minimum Gasteiger partial charge on any atom is -0.294 e. The van der Waals surface area contributed by atoms with Gasteiger partial charge in [0, 0.05) is 21.5 Å². The number of hydrogen-bond acceptors (Lipinski definition) is 1. The number of hydrogen-bond donors (Lipinski definition) is 0. The zero-order chi connectivity index (χ0) is 13.1. The van der Waals surface area contributed by atoms with Gasteiger partial charge in [0.25, 0.3) is 0 Å². The maximum absolute atomic E-state index is 12.2. The van der Waals surface area contributed by atoms with Gasteiger partial charge in [0.2, 0.25) is 0 Å². The number of rotatable bonds is 3. The Morgan fingerprint density at radius 3 is 2.61 bits per heavy atom. The summed E-state index contributed by atoms with van der Waals surface area (Å²) in [7, 11) is 0. The zero-order valence-electron chi connectivity index (χ0n) is 9.91. The first kappa shape index (κ1) is 13.3. The summed E-state index contributed by atoms with van der Waals surface area (Å²) in [5.41, 5.74) is 2.65. The molecular weight excluding hydrogens is 312 g/mol. The lowest BCUT2D eigenvalue weighted by atomic mass is 10.0.